The van der Waals surface area contributed by atoms with E-state index in [1.54, 1.807) is 31.7 Å². The van der Waals surface area contributed by atoms with E-state index in [0.29, 0.717) is 37.8 Å². The first kappa shape index (κ1) is 23.1. The van der Waals surface area contributed by atoms with Crippen LogP contribution in [-0.4, -0.2) is 64.4 Å². The molecule has 2 heterocycles. The van der Waals surface area contributed by atoms with Gasteiger partial charge in [-0.3, -0.25) is 5.32 Å². The van der Waals surface area contributed by atoms with Gasteiger partial charge in [0.05, 0.1) is 5.69 Å². The Morgan fingerprint density at radius 1 is 1.10 bits per heavy atom. The maximum absolute atomic E-state index is 12.2. The van der Waals surface area contributed by atoms with Gasteiger partial charge in [0.2, 0.25) is 5.95 Å². The normalized spacial score (nSPS) is 15.1. The number of aromatic amines is 1. The predicted molar refractivity (Wildman–Crippen MR) is 112 cm³/mol. The highest BCUT2D eigenvalue weighted by molar-refractivity contribution is 5.70. The Hall–Kier alpha value is -3.22. The van der Waals surface area contributed by atoms with Crippen molar-refractivity contribution in [1.82, 2.24) is 20.2 Å². The lowest BCUT2D eigenvalue weighted by atomic mass is 10.2. The number of imidazole rings is 1. The third kappa shape index (κ3) is 6.99. The molecule has 0 unspecified atom stereocenters. The van der Waals surface area contributed by atoms with Gasteiger partial charge in [-0.2, -0.15) is 5.26 Å². The number of carbonyl (C=O) groups excluding carboxylic acids is 2. The number of nitrogens with one attached hydrogen (secondary N) is 2. The molecule has 1 aromatic rings. The van der Waals surface area contributed by atoms with E-state index in [1.165, 1.54) is 6.20 Å². The maximum Gasteiger partial charge on any atom is 0.411 e. The van der Waals surface area contributed by atoms with Gasteiger partial charge < -0.3 is 24.3 Å². The summed E-state index contributed by atoms with van der Waals surface area (Å²) >= 11 is 0. The summed E-state index contributed by atoms with van der Waals surface area (Å²) in [6.07, 6.45) is 2.02. The first-order valence-electron chi connectivity index (χ1n) is 9.77. The van der Waals surface area contributed by atoms with Crippen molar-refractivity contribution in [3.8, 4) is 6.07 Å². The number of carbonyl (C=O) groups is 2. The molecule has 2 rings (SSSR count). The molecule has 0 radical (unpaired) electrons. The van der Waals surface area contributed by atoms with Crippen LogP contribution in [0.1, 0.15) is 52.9 Å². The monoisotopic (exact) mass is 418 g/mol. The molecule has 0 spiro atoms. The van der Waals surface area contributed by atoms with Crippen molar-refractivity contribution in [3.05, 3.63) is 17.6 Å². The number of nitrogens with zero attached hydrogens (tertiary/aromatic N) is 4. The van der Waals surface area contributed by atoms with Gasteiger partial charge in [0.1, 0.15) is 17.3 Å². The standard InChI is InChI=1S/C20H30N6O4/c1-19(2,3)29-17(27)22-8-7-14-15(13-21)24-16(23-14)25-9-11-26(12-10-25)18(28)30-20(4,5)6/h7-8H,9-12H2,1-6H3,(H,22,27)(H,23,24)/b8-7+. The van der Waals surface area contributed by atoms with Gasteiger partial charge in [0.25, 0.3) is 0 Å². The Balaban J connectivity index is 1.97. The molecule has 2 amide bonds. The molecule has 1 aliphatic rings. The average molecular weight is 418 g/mol. The van der Waals surface area contributed by atoms with Crippen LogP contribution in [0.3, 0.4) is 0 Å². The molecule has 0 bridgehead atoms. The number of nitriles is 1. The summed E-state index contributed by atoms with van der Waals surface area (Å²) in [5.41, 5.74) is -0.455. The van der Waals surface area contributed by atoms with Crippen LogP contribution in [0.2, 0.25) is 0 Å². The third-order valence-corrected chi connectivity index (χ3v) is 3.91. The summed E-state index contributed by atoms with van der Waals surface area (Å²) in [6, 6.07) is 2.04. The molecule has 1 saturated heterocycles. The SMILES string of the molecule is CC(C)(C)OC(=O)N/C=C/c1[nH]c(N2CCN(C(=O)OC(C)(C)C)CC2)nc1C#N. The molecule has 1 aliphatic heterocycles. The molecule has 164 valence electrons. The van der Waals surface area contributed by atoms with Crippen molar-refractivity contribution in [2.45, 2.75) is 52.7 Å². The fourth-order valence-corrected chi connectivity index (χ4v) is 2.66. The van der Waals surface area contributed by atoms with Crippen molar-refractivity contribution in [1.29, 1.82) is 5.26 Å². The smallest absolute Gasteiger partial charge is 0.411 e. The van der Waals surface area contributed by atoms with Crippen molar-refractivity contribution in [2.75, 3.05) is 31.1 Å². The molecule has 1 aromatic heterocycles. The van der Waals surface area contributed by atoms with E-state index < -0.39 is 17.3 Å². The fourth-order valence-electron chi connectivity index (χ4n) is 2.66. The van der Waals surface area contributed by atoms with Crippen molar-refractivity contribution < 1.29 is 19.1 Å². The number of hydrogen-bond acceptors (Lipinski definition) is 7. The van der Waals surface area contributed by atoms with E-state index in [0.717, 1.165) is 0 Å². The van der Waals surface area contributed by atoms with Crippen LogP contribution in [0.5, 0.6) is 0 Å². The molecular weight excluding hydrogens is 388 g/mol. The van der Waals surface area contributed by atoms with E-state index in [9.17, 15) is 14.9 Å². The van der Waals surface area contributed by atoms with Crippen LogP contribution in [0.4, 0.5) is 15.5 Å². The van der Waals surface area contributed by atoms with Gasteiger partial charge in [0.15, 0.2) is 5.69 Å². The molecule has 0 aliphatic carbocycles. The number of anilines is 1. The van der Waals surface area contributed by atoms with Gasteiger partial charge in [-0.25, -0.2) is 14.6 Å². The predicted octanol–water partition coefficient (Wildman–Crippen LogP) is 2.83. The second-order valence-corrected chi connectivity index (χ2v) is 8.87. The highest BCUT2D eigenvalue weighted by atomic mass is 16.6. The topological polar surface area (TPSA) is 124 Å². The number of amides is 2. The van der Waals surface area contributed by atoms with Crippen LogP contribution in [0, 0.1) is 11.3 Å². The molecule has 0 saturated carbocycles. The van der Waals surface area contributed by atoms with Crippen LogP contribution in [0.15, 0.2) is 6.20 Å². The van der Waals surface area contributed by atoms with Crippen molar-refractivity contribution >= 4 is 24.2 Å². The highest BCUT2D eigenvalue weighted by Crippen LogP contribution is 2.18. The van der Waals surface area contributed by atoms with Gasteiger partial charge in [0, 0.05) is 32.4 Å². The molecule has 2 N–H and O–H groups in total. The Labute approximate surface area is 176 Å². The second-order valence-electron chi connectivity index (χ2n) is 8.87. The molecule has 10 nitrogen and oxygen atoms in total. The highest BCUT2D eigenvalue weighted by Gasteiger charge is 2.27. The minimum atomic E-state index is -0.599. The van der Waals surface area contributed by atoms with Crippen LogP contribution in [-0.2, 0) is 9.47 Å². The van der Waals surface area contributed by atoms with Crippen molar-refractivity contribution in [2.24, 2.45) is 0 Å². The quantitative estimate of drug-likeness (QED) is 0.773. The van der Waals surface area contributed by atoms with Crippen LogP contribution in [0.25, 0.3) is 6.08 Å². The lowest BCUT2D eigenvalue weighted by molar-refractivity contribution is 0.0239. The van der Waals surface area contributed by atoms with Gasteiger partial charge in [-0.1, -0.05) is 0 Å². The minimum Gasteiger partial charge on any atom is -0.444 e. The lowest BCUT2D eigenvalue weighted by Crippen LogP contribution is -2.50. The van der Waals surface area contributed by atoms with E-state index >= 15 is 0 Å². The lowest BCUT2D eigenvalue weighted by Gasteiger charge is -2.35. The van der Waals surface area contributed by atoms with E-state index in [-0.39, 0.29) is 11.8 Å². The van der Waals surface area contributed by atoms with Crippen molar-refractivity contribution in [3.63, 3.8) is 0 Å². The second kappa shape index (κ2) is 9.07. The molecule has 0 atom stereocenters. The minimum absolute atomic E-state index is 0.210. The molecule has 0 aromatic carbocycles. The maximum atomic E-state index is 12.2. The van der Waals surface area contributed by atoms with Crippen LogP contribution >= 0.6 is 0 Å². The van der Waals surface area contributed by atoms with E-state index in [4.69, 9.17) is 9.47 Å². The Morgan fingerprint density at radius 3 is 2.23 bits per heavy atom. The number of hydrogen-bond donors (Lipinski definition) is 2. The summed E-state index contributed by atoms with van der Waals surface area (Å²) in [4.78, 5) is 34.9. The van der Waals surface area contributed by atoms with Gasteiger partial charge >= 0.3 is 12.2 Å². The summed E-state index contributed by atoms with van der Waals surface area (Å²) in [5.74, 6) is 0.535. The third-order valence-electron chi connectivity index (χ3n) is 3.91. The van der Waals surface area contributed by atoms with Crippen LogP contribution < -0.4 is 10.2 Å². The molecule has 10 heteroatoms. The van der Waals surface area contributed by atoms with E-state index in [1.807, 2.05) is 31.7 Å². The number of ether oxygens (including phenoxy) is 2. The first-order valence-corrected chi connectivity index (χ1v) is 9.77. The largest absolute Gasteiger partial charge is 0.444 e. The number of H-pyrrole nitrogens is 1. The zero-order valence-electron chi connectivity index (χ0n) is 18.4. The van der Waals surface area contributed by atoms with E-state index in [2.05, 4.69) is 15.3 Å². The number of piperazine rings is 1. The number of rotatable bonds is 3. The Morgan fingerprint density at radius 2 is 1.70 bits per heavy atom. The Kier molecular flexibility index (Phi) is 6.97. The van der Waals surface area contributed by atoms with Gasteiger partial charge in [-0.15, -0.1) is 0 Å². The fraction of sp³-hybridized carbons (Fsp3) is 0.600. The summed E-state index contributed by atoms with van der Waals surface area (Å²) in [7, 11) is 0. The summed E-state index contributed by atoms with van der Waals surface area (Å²) < 4.78 is 10.5. The number of aromatic nitrogens is 2. The summed E-state index contributed by atoms with van der Waals surface area (Å²) in [6.45, 7) is 12.9. The zero-order chi connectivity index (χ0) is 22.5. The average Bonchev–Trinajstić information content (AvgIpc) is 3.02. The zero-order valence-corrected chi connectivity index (χ0v) is 18.4. The molecule has 30 heavy (non-hydrogen) atoms. The molecule has 1 fully saturated rings. The van der Waals surface area contributed by atoms with Gasteiger partial charge in [-0.05, 0) is 47.6 Å². The molecular formula is C20H30N6O4. The summed E-state index contributed by atoms with van der Waals surface area (Å²) in [5, 5.41) is 11.8. The first-order chi connectivity index (χ1) is 13.9. The Bertz CT molecular complexity index is 833. The number of alkyl carbamates (subject to hydrolysis) is 1.